The van der Waals surface area contributed by atoms with E-state index < -0.39 is 0 Å². The van der Waals surface area contributed by atoms with Crippen molar-refractivity contribution in [2.24, 2.45) is 11.7 Å². The summed E-state index contributed by atoms with van der Waals surface area (Å²) < 4.78 is 5.25. The highest BCUT2D eigenvalue weighted by molar-refractivity contribution is 6.32. The molecule has 0 amide bonds. The number of likely N-dealkylation sites (tertiary alicyclic amines) is 1. The van der Waals surface area contributed by atoms with Crippen molar-refractivity contribution >= 4 is 11.6 Å². The van der Waals surface area contributed by atoms with Gasteiger partial charge in [-0.05, 0) is 55.8 Å². The van der Waals surface area contributed by atoms with Crippen LogP contribution in [-0.4, -0.2) is 31.1 Å². The van der Waals surface area contributed by atoms with Crippen molar-refractivity contribution in [3.05, 3.63) is 28.8 Å². The molecule has 1 heterocycles. The van der Waals surface area contributed by atoms with Gasteiger partial charge in [0.05, 0.1) is 12.1 Å². The number of fused-ring (bicyclic) bond motifs is 1. The normalized spacial score (nSPS) is 27.4. The van der Waals surface area contributed by atoms with Crippen LogP contribution in [0.15, 0.2) is 18.2 Å². The van der Waals surface area contributed by atoms with Crippen LogP contribution in [-0.2, 0) is 0 Å². The second kappa shape index (κ2) is 6.55. The lowest BCUT2D eigenvalue weighted by molar-refractivity contribution is 0.0701. The summed E-state index contributed by atoms with van der Waals surface area (Å²) >= 11 is 6.30. The predicted molar refractivity (Wildman–Crippen MR) is 86.9 cm³/mol. The fourth-order valence-corrected chi connectivity index (χ4v) is 4.50. The van der Waals surface area contributed by atoms with E-state index >= 15 is 0 Å². The molecule has 0 bridgehead atoms. The second-order valence-electron chi connectivity index (χ2n) is 6.28. The lowest BCUT2D eigenvalue weighted by Gasteiger charge is -2.42. The number of rotatable bonds is 4. The number of hydrogen-bond acceptors (Lipinski definition) is 3. The first kappa shape index (κ1) is 15.1. The van der Waals surface area contributed by atoms with Gasteiger partial charge >= 0.3 is 0 Å². The Kier molecular flexibility index (Phi) is 4.72. The maximum Gasteiger partial charge on any atom is 0.137 e. The van der Waals surface area contributed by atoms with E-state index in [1.54, 1.807) is 7.11 Å². The average Bonchev–Trinajstić information content (AvgIpc) is 2.97. The van der Waals surface area contributed by atoms with Crippen LogP contribution in [0, 0.1) is 5.92 Å². The highest BCUT2D eigenvalue weighted by Crippen LogP contribution is 2.41. The van der Waals surface area contributed by atoms with Gasteiger partial charge in [0.15, 0.2) is 0 Å². The molecular weight excluding hydrogens is 284 g/mol. The lowest BCUT2D eigenvalue weighted by atomic mass is 9.89. The number of methoxy groups -OCH3 is 1. The average molecular weight is 309 g/mol. The standard InChI is InChI=1S/C17H25ClN2O/c1-21-17-8-7-13(10-14(17)18)16(11-19)20-9-3-5-12-4-2-6-15(12)20/h7-8,10,12,15-16H,2-6,9,11,19H2,1H3. The highest BCUT2D eigenvalue weighted by atomic mass is 35.5. The van der Waals surface area contributed by atoms with Crippen molar-refractivity contribution in [2.45, 2.75) is 44.2 Å². The molecule has 21 heavy (non-hydrogen) atoms. The molecule has 1 aliphatic heterocycles. The summed E-state index contributed by atoms with van der Waals surface area (Å²) in [6.45, 7) is 1.80. The summed E-state index contributed by atoms with van der Waals surface area (Å²) in [5.41, 5.74) is 7.34. The van der Waals surface area contributed by atoms with Gasteiger partial charge in [0.2, 0.25) is 0 Å². The minimum atomic E-state index is 0.277. The Bertz CT molecular complexity index is 494. The van der Waals surface area contributed by atoms with E-state index in [-0.39, 0.29) is 6.04 Å². The Morgan fingerprint density at radius 1 is 1.33 bits per heavy atom. The Labute approximate surface area is 132 Å². The molecule has 0 spiro atoms. The van der Waals surface area contributed by atoms with Gasteiger partial charge in [-0.2, -0.15) is 0 Å². The van der Waals surface area contributed by atoms with Gasteiger partial charge in [-0.15, -0.1) is 0 Å². The predicted octanol–water partition coefficient (Wildman–Crippen LogP) is 3.61. The Morgan fingerprint density at radius 2 is 2.14 bits per heavy atom. The number of hydrogen-bond donors (Lipinski definition) is 1. The molecule has 1 aromatic rings. The Hall–Kier alpha value is -0.770. The van der Waals surface area contributed by atoms with Crippen molar-refractivity contribution in [3.63, 3.8) is 0 Å². The number of nitrogens with two attached hydrogens (primary N) is 1. The van der Waals surface area contributed by atoms with Crippen molar-refractivity contribution in [3.8, 4) is 5.75 Å². The van der Waals surface area contributed by atoms with Crippen LogP contribution in [0.5, 0.6) is 5.75 Å². The summed E-state index contributed by atoms with van der Waals surface area (Å²) in [7, 11) is 1.65. The van der Waals surface area contributed by atoms with Gasteiger partial charge in [-0.3, -0.25) is 4.90 Å². The van der Waals surface area contributed by atoms with Crippen LogP contribution in [0.4, 0.5) is 0 Å². The van der Waals surface area contributed by atoms with Gasteiger partial charge in [0.25, 0.3) is 0 Å². The summed E-state index contributed by atoms with van der Waals surface area (Å²) in [5, 5.41) is 0.674. The molecule has 3 unspecified atom stereocenters. The molecule has 0 radical (unpaired) electrons. The van der Waals surface area contributed by atoms with E-state index in [1.807, 2.05) is 12.1 Å². The van der Waals surface area contributed by atoms with E-state index in [0.717, 1.165) is 18.2 Å². The molecular formula is C17H25ClN2O. The first-order valence-corrected chi connectivity index (χ1v) is 8.41. The fraction of sp³-hybridized carbons (Fsp3) is 0.647. The summed E-state index contributed by atoms with van der Waals surface area (Å²) in [5.74, 6) is 1.61. The zero-order valence-electron chi connectivity index (χ0n) is 12.7. The molecule has 2 fully saturated rings. The van der Waals surface area contributed by atoms with Gasteiger partial charge in [0.1, 0.15) is 5.75 Å². The third-order valence-electron chi connectivity index (χ3n) is 5.22. The van der Waals surface area contributed by atoms with E-state index in [2.05, 4.69) is 11.0 Å². The summed E-state index contributed by atoms with van der Waals surface area (Å²) in [4.78, 5) is 2.64. The van der Waals surface area contributed by atoms with E-state index in [0.29, 0.717) is 17.6 Å². The maximum atomic E-state index is 6.30. The van der Waals surface area contributed by atoms with E-state index in [1.165, 1.54) is 37.7 Å². The van der Waals surface area contributed by atoms with Crippen LogP contribution < -0.4 is 10.5 Å². The topological polar surface area (TPSA) is 38.5 Å². The molecule has 3 atom stereocenters. The molecule has 1 saturated carbocycles. The molecule has 1 saturated heterocycles. The number of nitrogens with zero attached hydrogens (tertiary/aromatic N) is 1. The monoisotopic (exact) mass is 308 g/mol. The zero-order chi connectivity index (χ0) is 14.8. The summed E-state index contributed by atoms with van der Waals surface area (Å²) in [6, 6.07) is 7.08. The van der Waals surface area contributed by atoms with Crippen molar-refractivity contribution in [1.82, 2.24) is 4.90 Å². The Balaban J connectivity index is 1.85. The van der Waals surface area contributed by atoms with Crippen LogP contribution in [0.2, 0.25) is 5.02 Å². The lowest BCUT2D eigenvalue weighted by Crippen LogP contribution is -2.46. The zero-order valence-corrected chi connectivity index (χ0v) is 13.5. The third kappa shape index (κ3) is 2.92. The van der Waals surface area contributed by atoms with E-state index in [4.69, 9.17) is 22.1 Å². The van der Waals surface area contributed by atoms with Crippen LogP contribution in [0.25, 0.3) is 0 Å². The van der Waals surface area contributed by atoms with Crippen LogP contribution >= 0.6 is 11.6 Å². The van der Waals surface area contributed by atoms with Gasteiger partial charge < -0.3 is 10.5 Å². The molecule has 2 aliphatic rings. The van der Waals surface area contributed by atoms with Crippen LogP contribution in [0.1, 0.15) is 43.7 Å². The van der Waals surface area contributed by atoms with Crippen LogP contribution in [0.3, 0.4) is 0 Å². The Morgan fingerprint density at radius 3 is 2.86 bits per heavy atom. The molecule has 3 rings (SSSR count). The fourth-order valence-electron chi connectivity index (χ4n) is 4.23. The minimum absolute atomic E-state index is 0.277. The molecule has 0 aromatic heterocycles. The third-order valence-corrected chi connectivity index (χ3v) is 5.52. The molecule has 116 valence electrons. The molecule has 1 aromatic carbocycles. The van der Waals surface area contributed by atoms with Crippen molar-refractivity contribution < 1.29 is 4.74 Å². The highest BCUT2D eigenvalue weighted by Gasteiger charge is 2.38. The molecule has 1 aliphatic carbocycles. The number of benzene rings is 1. The number of halogens is 1. The first-order valence-electron chi connectivity index (χ1n) is 8.04. The minimum Gasteiger partial charge on any atom is -0.495 e. The number of piperidine rings is 1. The maximum absolute atomic E-state index is 6.30. The molecule has 2 N–H and O–H groups in total. The smallest absolute Gasteiger partial charge is 0.137 e. The number of ether oxygens (including phenoxy) is 1. The first-order chi connectivity index (χ1) is 10.2. The van der Waals surface area contributed by atoms with E-state index in [9.17, 15) is 0 Å². The van der Waals surface area contributed by atoms with Gasteiger partial charge in [0, 0.05) is 18.6 Å². The molecule has 4 heteroatoms. The van der Waals surface area contributed by atoms with Crippen molar-refractivity contribution in [1.29, 1.82) is 0 Å². The SMILES string of the molecule is COc1ccc(C(CN)N2CCCC3CCCC32)cc1Cl. The quantitative estimate of drug-likeness (QED) is 0.923. The summed E-state index contributed by atoms with van der Waals surface area (Å²) in [6.07, 6.45) is 6.77. The van der Waals surface area contributed by atoms with Gasteiger partial charge in [-0.1, -0.05) is 24.1 Å². The van der Waals surface area contributed by atoms with Gasteiger partial charge in [-0.25, -0.2) is 0 Å². The molecule has 3 nitrogen and oxygen atoms in total. The second-order valence-corrected chi connectivity index (χ2v) is 6.69. The largest absolute Gasteiger partial charge is 0.495 e. The van der Waals surface area contributed by atoms with Crippen molar-refractivity contribution in [2.75, 3.05) is 20.2 Å².